The van der Waals surface area contributed by atoms with Gasteiger partial charge in [0.15, 0.2) is 0 Å². The highest BCUT2D eigenvalue weighted by Gasteiger charge is 2.36. The molecule has 2 aromatic carbocycles. The Labute approximate surface area is 120 Å². The molecule has 0 saturated heterocycles. The minimum atomic E-state index is -0.864. The van der Waals surface area contributed by atoms with Crippen molar-refractivity contribution in [3.8, 4) is 0 Å². The second-order valence-corrected chi connectivity index (χ2v) is 6.05. The molecule has 3 heteroatoms. The Hall–Kier alpha value is -1.19. The molecule has 2 aromatic rings. The summed E-state index contributed by atoms with van der Waals surface area (Å²) in [6.07, 6.45) is 1.96. The minimum Gasteiger partial charge on any atom is -0.385 e. The Morgan fingerprint density at radius 3 is 2.63 bits per heavy atom. The molecule has 1 N–H and O–H groups in total. The number of hydrogen-bond donors (Lipinski definition) is 1. The molecule has 1 atom stereocenters. The summed E-state index contributed by atoms with van der Waals surface area (Å²) < 4.78 is 14.2. The molecule has 0 bridgehead atoms. The average Bonchev–Trinajstić information content (AvgIpc) is 2.69. The van der Waals surface area contributed by atoms with E-state index in [-0.39, 0.29) is 5.82 Å². The SMILES string of the molecule is OC1(Cc2ccc(Br)cc2)CCc2cc(F)ccc21. The number of rotatable bonds is 2. The van der Waals surface area contributed by atoms with Crippen LogP contribution >= 0.6 is 15.9 Å². The zero-order valence-corrected chi connectivity index (χ0v) is 12.0. The van der Waals surface area contributed by atoms with E-state index in [2.05, 4.69) is 15.9 Å². The van der Waals surface area contributed by atoms with E-state index in [9.17, 15) is 9.50 Å². The second-order valence-electron chi connectivity index (χ2n) is 5.14. The molecule has 1 unspecified atom stereocenters. The Balaban J connectivity index is 1.92. The quantitative estimate of drug-likeness (QED) is 0.887. The highest BCUT2D eigenvalue weighted by molar-refractivity contribution is 9.10. The van der Waals surface area contributed by atoms with Gasteiger partial charge in [-0.2, -0.15) is 0 Å². The van der Waals surface area contributed by atoms with Crippen LogP contribution in [0.15, 0.2) is 46.9 Å². The lowest BCUT2D eigenvalue weighted by Gasteiger charge is -2.24. The summed E-state index contributed by atoms with van der Waals surface area (Å²) in [5.41, 5.74) is 2.02. The number of benzene rings is 2. The normalized spacial score (nSPS) is 21.4. The van der Waals surface area contributed by atoms with Crippen LogP contribution in [-0.4, -0.2) is 5.11 Å². The van der Waals surface area contributed by atoms with E-state index in [4.69, 9.17) is 0 Å². The number of fused-ring (bicyclic) bond motifs is 1. The average molecular weight is 321 g/mol. The molecular formula is C16H14BrFO. The van der Waals surface area contributed by atoms with Crippen molar-refractivity contribution in [1.82, 2.24) is 0 Å². The van der Waals surface area contributed by atoms with Crippen LogP contribution in [0.3, 0.4) is 0 Å². The van der Waals surface area contributed by atoms with Gasteiger partial charge in [-0.3, -0.25) is 0 Å². The zero-order valence-electron chi connectivity index (χ0n) is 10.4. The third kappa shape index (κ3) is 2.45. The smallest absolute Gasteiger partial charge is 0.123 e. The summed E-state index contributed by atoms with van der Waals surface area (Å²) in [5.74, 6) is -0.230. The highest BCUT2D eigenvalue weighted by Crippen LogP contribution is 2.39. The Kier molecular flexibility index (Phi) is 3.19. The van der Waals surface area contributed by atoms with Crippen LogP contribution in [0.1, 0.15) is 23.1 Å². The van der Waals surface area contributed by atoms with Gasteiger partial charge in [-0.25, -0.2) is 4.39 Å². The Morgan fingerprint density at radius 2 is 1.89 bits per heavy atom. The third-order valence-corrected chi connectivity index (χ3v) is 4.32. The van der Waals surface area contributed by atoms with Crippen LogP contribution in [0, 0.1) is 5.82 Å². The molecule has 19 heavy (non-hydrogen) atoms. The molecule has 1 nitrogen and oxygen atoms in total. The van der Waals surface area contributed by atoms with E-state index >= 15 is 0 Å². The van der Waals surface area contributed by atoms with Crippen molar-refractivity contribution in [1.29, 1.82) is 0 Å². The fourth-order valence-electron chi connectivity index (χ4n) is 2.82. The largest absolute Gasteiger partial charge is 0.385 e. The van der Waals surface area contributed by atoms with Crippen molar-refractivity contribution in [2.75, 3.05) is 0 Å². The molecule has 0 fully saturated rings. The van der Waals surface area contributed by atoms with Crippen LogP contribution in [-0.2, 0) is 18.4 Å². The highest BCUT2D eigenvalue weighted by atomic mass is 79.9. The van der Waals surface area contributed by atoms with Crippen LogP contribution in [0.4, 0.5) is 4.39 Å². The predicted molar refractivity (Wildman–Crippen MR) is 76.5 cm³/mol. The van der Waals surface area contributed by atoms with Crippen molar-refractivity contribution in [2.45, 2.75) is 24.9 Å². The molecule has 0 saturated carbocycles. The lowest BCUT2D eigenvalue weighted by Crippen LogP contribution is -2.25. The first-order chi connectivity index (χ1) is 9.07. The molecule has 1 aliphatic carbocycles. The first-order valence-electron chi connectivity index (χ1n) is 6.33. The van der Waals surface area contributed by atoms with Gasteiger partial charge in [0, 0.05) is 10.9 Å². The molecule has 1 aliphatic rings. The predicted octanol–water partition coefficient (Wildman–Crippen LogP) is 3.96. The van der Waals surface area contributed by atoms with Gasteiger partial charge in [-0.1, -0.05) is 34.1 Å². The van der Waals surface area contributed by atoms with Crippen LogP contribution in [0.2, 0.25) is 0 Å². The summed E-state index contributed by atoms with van der Waals surface area (Å²) in [4.78, 5) is 0. The molecule has 0 spiro atoms. The molecular weight excluding hydrogens is 307 g/mol. The summed E-state index contributed by atoms with van der Waals surface area (Å²) in [6.45, 7) is 0. The van der Waals surface area contributed by atoms with Crippen molar-refractivity contribution in [3.63, 3.8) is 0 Å². The molecule has 0 amide bonds. The maximum Gasteiger partial charge on any atom is 0.123 e. The minimum absolute atomic E-state index is 0.230. The van der Waals surface area contributed by atoms with Gasteiger partial charge in [0.1, 0.15) is 5.82 Å². The van der Waals surface area contributed by atoms with Crippen LogP contribution in [0.5, 0.6) is 0 Å². The van der Waals surface area contributed by atoms with Crippen molar-refractivity contribution in [3.05, 3.63) is 69.4 Å². The summed E-state index contributed by atoms with van der Waals surface area (Å²) in [6, 6.07) is 12.6. The lowest BCUT2D eigenvalue weighted by atomic mass is 9.89. The van der Waals surface area contributed by atoms with Gasteiger partial charge in [0.2, 0.25) is 0 Å². The van der Waals surface area contributed by atoms with Crippen LogP contribution < -0.4 is 0 Å². The van der Waals surface area contributed by atoms with Crippen molar-refractivity contribution < 1.29 is 9.50 Å². The maximum absolute atomic E-state index is 13.2. The lowest BCUT2D eigenvalue weighted by molar-refractivity contribution is 0.0389. The van der Waals surface area contributed by atoms with E-state index in [1.54, 1.807) is 6.07 Å². The maximum atomic E-state index is 13.2. The third-order valence-electron chi connectivity index (χ3n) is 3.79. The first-order valence-corrected chi connectivity index (χ1v) is 7.12. The number of halogens is 2. The van der Waals surface area contributed by atoms with Gasteiger partial charge >= 0.3 is 0 Å². The van der Waals surface area contributed by atoms with E-state index in [0.717, 1.165) is 27.6 Å². The fourth-order valence-corrected chi connectivity index (χ4v) is 3.09. The Bertz CT molecular complexity index is 609. The first kappa shape index (κ1) is 12.8. The van der Waals surface area contributed by atoms with Gasteiger partial charge in [-0.15, -0.1) is 0 Å². The molecule has 0 aliphatic heterocycles. The molecule has 0 aromatic heterocycles. The summed E-state index contributed by atoms with van der Waals surface area (Å²) >= 11 is 3.40. The Morgan fingerprint density at radius 1 is 1.16 bits per heavy atom. The van der Waals surface area contributed by atoms with Crippen LogP contribution in [0.25, 0.3) is 0 Å². The number of hydrogen-bond acceptors (Lipinski definition) is 1. The number of aliphatic hydroxyl groups is 1. The molecule has 98 valence electrons. The number of aryl methyl sites for hydroxylation is 1. The monoisotopic (exact) mass is 320 g/mol. The van der Waals surface area contributed by atoms with Gasteiger partial charge in [0.25, 0.3) is 0 Å². The molecule has 0 radical (unpaired) electrons. The van der Waals surface area contributed by atoms with E-state index in [0.29, 0.717) is 12.8 Å². The van der Waals surface area contributed by atoms with Crippen molar-refractivity contribution in [2.24, 2.45) is 0 Å². The van der Waals surface area contributed by atoms with Crippen molar-refractivity contribution >= 4 is 15.9 Å². The summed E-state index contributed by atoms with van der Waals surface area (Å²) in [5, 5.41) is 10.8. The van der Waals surface area contributed by atoms with E-state index in [1.165, 1.54) is 12.1 Å². The fraction of sp³-hybridized carbons (Fsp3) is 0.250. The standard InChI is InChI=1S/C16H14BrFO/c17-13-3-1-11(2-4-13)10-16(19)8-7-12-9-14(18)5-6-15(12)16/h1-6,9,19H,7-8,10H2. The topological polar surface area (TPSA) is 20.2 Å². The second kappa shape index (κ2) is 4.73. The molecule has 3 rings (SSSR count). The molecule has 0 heterocycles. The van der Waals surface area contributed by atoms with Gasteiger partial charge < -0.3 is 5.11 Å². The van der Waals surface area contributed by atoms with Gasteiger partial charge in [-0.05, 0) is 53.8 Å². The van der Waals surface area contributed by atoms with Gasteiger partial charge in [0.05, 0.1) is 5.60 Å². The van der Waals surface area contributed by atoms with E-state index < -0.39 is 5.60 Å². The summed E-state index contributed by atoms with van der Waals surface area (Å²) in [7, 11) is 0. The van der Waals surface area contributed by atoms with E-state index in [1.807, 2.05) is 24.3 Å². The zero-order chi connectivity index (χ0) is 13.5.